The van der Waals surface area contributed by atoms with E-state index in [1.165, 1.54) is 0 Å². The van der Waals surface area contributed by atoms with E-state index in [4.69, 9.17) is 37.2 Å². The average Bonchev–Trinajstić information content (AvgIpc) is 3.86. The average molecular weight is 622 g/mol. The van der Waals surface area contributed by atoms with Crippen LogP contribution in [0.2, 0.25) is 0 Å². The van der Waals surface area contributed by atoms with Crippen LogP contribution in [0.4, 0.5) is 5.95 Å². The Bertz CT molecular complexity index is 2390. The van der Waals surface area contributed by atoms with Gasteiger partial charge in [-0.2, -0.15) is 0 Å². The number of amides is 1. The molecular formula is C33H27N13O. The number of aromatic amines is 4. The largest absolute Gasteiger partial charge is 0.384 e. The second kappa shape index (κ2) is 10.4. The Kier molecular flexibility index (Phi) is 6.11. The highest BCUT2D eigenvalue weighted by Gasteiger charge is 2.49. The molecular weight excluding hydrogens is 594 g/mol. The molecule has 0 aliphatic rings. The molecule has 0 aliphatic carbocycles. The maximum Gasteiger partial charge on any atom is 0.248 e. The number of imidazole rings is 4. The number of amidine groups is 2. The third-order valence-electron chi connectivity index (χ3n) is 8.27. The van der Waals surface area contributed by atoms with E-state index in [-0.39, 0.29) is 24.0 Å². The number of nitrogen functional groups attached to an aromatic ring is 2. The van der Waals surface area contributed by atoms with Crippen LogP contribution in [0.15, 0.2) is 84.9 Å². The van der Waals surface area contributed by atoms with Gasteiger partial charge in [-0.1, -0.05) is 24.3 Å². The smallest absolute Gasteiger partial charge is 0.248 e. The van der Waals surface area contributed by atoms with Gasteiger partial charge >= 0.3 is 0 Å². The minimum atomic E-state index is -1.58. The van der Waals surface area contributed by atoms with Crippen LogP contribution in [0, 0.1) is 10.8 Å². The maximum absolute atomic E-state index is 15.0. The molecule has 0 saturated heterocycles. The van der Waals surface area contributed by atoms with E-state index >= 15 is 0 Å². The van der Waals surface area contributed by atoms with E-state index in [0.29, 0.717) is 61.7 Å². The molecule has 0 radical (unpaired) electrons. The number of rotatable bonds is 8. The molecule has 8 rings (SSSR count). The van der Waals surface area contributed by atoms with Gasteiger partial charge in [0.15, 0.2) is 5.41 Å². The molecule has 47 heavy (non-hydrogen) atoms. The number of nitrogens with zero attached hydrogens (tertiary/aromatic N) is 4. The summed E-state index contributed by atoms with van der Waals surface area (Å²) in [6.45, 7) is 0. The zero-order valence-corrected chi connectivity index (χ0v) is 24.6. The van der Waals surface area contributed by atoms with Crippen LogP contribution < -0.4 is 16.8 Å². The second-order valence-electron chi connectivity index (χ2n) is 11.3. The van der Waals surface area contributed by atoms with Crippen molar-refractivity contribution in [2.75, 3.05) is 5.32 Å². The molecule has 0 fully saturated rings. The van der Waals surface area contributed by atoms with Gasteiger partial charge in [0.05, 0.1) is 44.1 Å². The number of benzene rings is 4. The lowest BCUT2D eigenvalue weighted by Crippen LogP contribution is -2.45. The molecule has 0 bridgehead atoms. The van der Waals surface area contributed by atoms with Gasteiger partial charge in [0, 0.05) is 17.5 Å². The number of H-pyrrole nitrogens is 4. The van der Waals surface area contributed by atoms with Crippen LogP contribution in [0.1, 0.15) is 28.6 Å². The highest BCUT2D eigenvalue weighted by Crippen LogP contribution is 2.36. The van der Waals surface area contributed by atoms with Gasteiger partial charge in [0.2, 0.25) is 11.9 Å². The number of nitrogens with two attached hydrogens (primary N) is 2. The maximum atomic E-state index is 15.0. The molecule has 8 aromatic rings. The SMILES string of the molecule is N=C(N)c1ccc2nc(CC(C(=O)Nc3nc4ccc(C(=N)N)cc4[nH]3)(c3nc4ccccc4[nH]3)c3nc4ccccc4[nH]3)[nH]c2c1. The number of hydrogen-bond donors (Lipinski definition) is 9. The summed E-state index contributed by atoms with van der Waals surface area (Å²) in [5.74, 6) is 0.728. The standard InChI is InChI=1S/C33H27N13O/c34-27(35)16-9-11-22-24(13-16)39-26(38-22)15-33(29-40-18-5-1-2-6-19(18)41-29,30-42-20-7-3-4-8-21(20)43-30)31(47)46-32-44-23-12-10-17(28(36)37)14-25(23)45-32/h1-14H,15H2,(H3,34,35)(H3,36,37)(H,38,39)(H,40,41)(H,42,43)(H2,44,45,46,47). The molecule has 11 N–H and O–H groups in total. The van der Waals surface area contributed by atoms with Crippen LogP contribution >= 0.6 is 0 Å². The van der Waals surface area contributed by atoms with Crippen molar-refractivity contribution < 1.29 is 4.79 Å². The van der Waals surface area contributed by atoms with Crippen molar-refractivity contribution in [2.24, 2.45) is 11.5 Å². The Hall–Kier alpha value is -6.83. The molecule has 14 nitrogen and oxygen atoms in total. The van der Waals surface area contributed by atoms with Gasteiger partial charge in [-0.15, -0.1) is 0 Å². The van der Waals surface area contributed by atoms with Crippen molar-refractivity contribution in [3.63, 3.8) is 0 Å². The van der Waals surface area contributed by atoms with Crippen molar-refractivity contribution in [1.82, 2.24) is 39.9 Å². The first-order chi connectivity index (χ1) is 22.8. The van der Waals surface area contributed by atoms with Crippen molar-refractivity contribution in [1.29, 1.82) is 10.8 Å². The van der Waals surface area contributed by atoms with Crippen LogP contribution in [0.5, 0.6) is 0 Å². The van der Waals surface area contributed by atoms with Crippen molar-refractivity contribution >= 4 is 67.7 Å². The lowest BCUT2D eigenvalue weighted by molar-refractivity contribution is -0.120. The fourth-order valence-corrected chi connectivity index (χ4v) is 5.90. The van der Waals surface area contributed by atoms with Crippen LogP contribution in [0.3, 0.4) is 0 Å². The summed E-state index contributed by atoms with van der Waals surface area (Å²) in [5.41, 5.74) is 16.3. The van der Waals surface area contributed by atoms with E-state index in [1.807, 2.05) is 48.5 Å². The monoisotopic (exact) mass is 621 g/mol. The molecule has 0 unspecified atom stereocenters. The minimum Gasteiger partial charge on any atom is -0.384 e. The predicted molar refractivity (Wildman–Crippen MR) is 180 cm³/mol. The van der Waals surface area contributed by atoms with Crippen molar-refractivity contribution in [3.05, 3.63) is 114 Å². The molecule has 0 atom stereocenters. The normalized spacial score (nSPS) is 11.9. The molecule has 4 heterocycles. The molecule has 14 heteroatoms. The minimum absolute atomic E-state index is 0.0112. The molecule has 0 aliphatic heterocycles. The Balaban J connectivity index is 1.33. The number of hydrogen-bond acceptors (Lipinski definition) is 7. The van der Waals surface area contributed by atoms with Crippen LogP contribution in [-0.4, -0.2) is 57.5 Å². The highest BCUT2D eigenvalue weighted by molar-refractivity contribution is 6.03. The Morgan fingerprint density at radius 1 is 0.638 bits per heavy atom. The molecule has 1 amide bonds. The number of aromatic nitrogens is 8. The predicted octanol–water partition coefficient (Wildman–Crippen LogP) is 3.93. The van der Waals surface area contributed by atoms with Crippen LogP contribution in [0.25, 0.3) is 44.1 Å². The number of para-hydroxylation sites is 4. The Morgan fingerprint density at radius 2 is 1.15 bits per heavy atom. The zero-order chi connectivity index (χ0) is 32.3. The second-order valence-corrected chi connectivity index (χ2v) is 11.3. The van der Waals surface area contributed by atoms with E-state index in [1.54, 1.807) is 36.4 Å². The Morgan fingerprint density at radius 3 is 1.70 bits per heavy atom. The summed E-state index contributed by atoms with van der Waals surface area (Å²) < 4.78 is 0. The first kappa shape index (κ1) is 27.7. The van der Waals surface area contributed by atoms with Gasteiger partial charge in [-0.3, -0.25) is 20.9 Å². The molecule has 4 aromatic carbocycles. The van der Waals surface area contributed by atoms with E-state index in [0.717, 1.165) is 11.0 Å². The van der Waals surface area contributed by atoms with Gasteiger partial charge in [-0.05, 0) is 60.7 Å². The summed E-state index contributed by atoms with van der Waals surface area (Å²) in [5, 5.41) is 18.7. The number of fused-ring (bicyclic) bond motifs is 4. The number of carbonyl (C=O) groups is 1. The highest BCUT2D eigenvalue weighted by atomic mass is 16.2. The number of nitrogens with one attached hydrogen (secondary N) is 7. The van der Waals surface area contributed by atoms with Gasteiger partial charge in [0.25, 0.3) is 0 Å². The van der Waals surface area contributed by atoms with Crippen molar-refractivity contribution in [3.8, 4) is 0 Å². The Labute approximate surface area is 265 Å². The summed E-state index contributed by atoms with van der Waals surface area (Å²) >= 11 is 0. The van der Waals surface area contributed by atoms with Crippen LogP contribution in [-0.2, 0) is 16.6 Å². The van der Waals surface area contributed by atoms with Gasteiger partial charge in [0.1, 0.15) is 29.1 Å². The lowest BCUT2D eigenvalue weighted by atomic mass is 9.81. The first-order valence-corrected chi connectivity index (χ1v) is 14.7. The fraction of sp³-hybridized carbons (Fsp3) is 0.0606. The molecule has 4 aromatic heterocycles. The number of carbonyl (C=O) groups excluding carboxylic acids is 1. The lowest BCUT2D eigenvalue weighted by Gasteiger charge is -2.27. The molecule has 230 valence electrons. The van der Waals surface area contributed by atoms with Crippen molar-refractivity contribution in [2.45, 2.75) is 11.8 Å². The molecule has 0 saturated carbocycles. The number of anilines is 1. The fourth-order valence-electron chi connectivity index (χ4n) is 5.90. The molecule has 0 spiro atoms. The summed E-state index contributed by atoms with van der Waals surface area (Å²) in [6, 6.07) is 25.5. The first-order valence-electron chi connectivity index (χ1n) is 14.7. The summed E-state index contributed by atoms with van der Waals surface area (Å²) in [6.07, 6.45) is 0.0112. The topological polar surface area (TPSA) is 244 Å². The quantitative estimate of drug-likeness (QED) is 0.0893. The van der Waals surface area contributed by atoms with Gasteiger partial charge < -0.3 is 31.4 Å². The third kappa shape index (κ3) is 4.63. The summed E-state index contributed by atoms with van der Waals surface area (Å²) in [7, 11) is 0. The van der Waals surface area contributed by atoms with E-state index < -0.39 is 11.3 Å². The van der Waals surface area contributed by atoms with E-state index in [2.05, 4.69) is 30.2 Å². The van der Waals surface area contributed by atoms with Gasteiger partial charge in [-0.25, -0.2) is 19.9 Å². The van der Waals surface area contributed by atoms with E-state index in [9.17, 15) is 4.79 Å². The third-order valence-corrected chi connectivity index (χ3v) is 8.27. The zero-order valence-electron chi connectivity index (χ0n) is 24.6. The summed E-state index contributed by atoms with van der Waals surface area (Å²) in [4.78, 5) is 47.5.